The van der Waals surface area contributed by atoms with E-state index in [2.05, 4.69) is 36.6 Å². The molecule has 0 saturated heterocycles. The predicted octanol–water partition coefficient (Wildman–Crippen LogP) is 1.58. The van der Waals surface area contributed by atoms with Crippen LogP contribution in [0.2, 0.25) is 0 Å². The summed E-state index contributed by atoms with van der Waals surface area (Å²) >= 11 is 4.68. The number of fused-ring (bicyclic) bond motifs is 2. The number of rotatable bonds is 3. The summed E-state index contributed by atoms with van der Waals surface area (Å²) in [7, 11) is 1.68. The zero-order valence-electron chi connectivity index (χ0n) is 14.0. The number of amides is 2. The smallest absolute Gasteiger partial charge is 0.266 e. The molecule has 2 N–H and O–H groups in total. The first kappa shape index (κ1) is 17.7. The second-order valence-corrected chi connectivity index (χ2v) is 7.65. The lowest BCUT2D eigenvalue weighted by Crippen LogP contribution is -2.28. The van der Waals surface area contributed by atoms with Crippen LogP contribution in [-0.4, -0.2) is 36.9 Å². The van der Waals surface area contributed by atoms with E-state index in [0.29, 0.717) is 32.8 Å². The molecule has 0 aliphatic carbocycles. The average Bonchev–Trinajstić information content (AvgIpc) is 2.91. The molecule has 4 rings (SSSR count). The number of carbonyl (C=O) groups is 2. The molecule has 3 heterocycles. The number of thioether (sulfide) groups is 1. The van der Waals surface area contributed by atoms with Crippen LogP contribution in [0.3, 0.4) is 0 Å². The van der Waals surface area contributed by atoms with Gasteiger partial charge in [-0.2, -0.15) is 5.10 Å². The van der Waals surface area contributed by atoms with E-state index in [9.17, 15) is 14.4 Å². The maximum absolute atomic E-state index is 12.6. The molecule has 0 bridgehead atoms. The average molecular weight is 449 g/mol. The SMILES string of the molecule is Cn1nc(Br)c2c(=O)n(CC(=O)Nc3ccc4c(c3)NC(=O)CS4)cnc21. The van der Waals surface area contributed by atoms with Crippen LogP contribution in [-0.2, 0) is 23.2 Å². The fourth-order valence-corrected chi connectivity index (χ4v) is 4.14. The van der Waals surface area contributed by atoms with Gasteiger partial charge in [-0.3, -0.25) is 19.0 Å². The van der Waals surface area contributed by atoms with Gasteiger partial charge in [0, 0.05) is 17.6 Å². The van der Waals surface area contributed by atoms with Crippen molar-refractivity contribution < 1.29 is 9.59 Å². The molecule has 1 aliphatic rings. The molecule has 11 heteroatoms. The minimum Gasteiger partial charge on any atom is -0.324 e. The van der Waals surface area contributed by atoms with E-state index in [4.69, 9.17) is 0 Å². The van der Waals surface area contributed by atoms with Crippen molar-refractivity contribution in [3.63, 3.8) is 0 Å². The first-order chi connectivity index (χ1) is 12.9. The van der Waals surface area contributed by atoms with Crippen LogP contribution in [0.4, 0.5) is 11.4 Å². The van der Waals surface area contributed by atoms with Gasteiger partial charge in [0.2, 0.25) is 11.8 Å². The third-order valence-corrected chi connectivity index (χ3v) is 5.61. The Balaban J connectivity index is 1.55. The van der Waals surface area contributed by atoms with Gasteiger partial charge in [0.25, 0.3) is 5.56 Å². The van der Waals surface area contributed by atoms with E-state index in [1.165, 1.54) is 27.3 Å². The van der Waals surface area contributed by atoms with Gasteiger partial charge in [0.15, 0.2) is 5.65 Å². The molecule has 1 aliphatic heterocycles. The third kappa shape index (κ3) is 3.35. The maximum atomic E-state index is 12.6. The summed E-state index contributed by atoms with van der Waals surface area (Å²) in [5, 5.41) is 9.93. The number of hydrogen-bond donors (Lipinski definition) is 2. The van der Waals surface area contributed by atoms with Gasteiger partial charge in [-0.05, 0) is 34.1 Å². The number of carbonyl (C=O) groups excluding carboxylic acids is 2. The van der Waals surface area contributed by atoms with Gasteiger partial charge in [-0.25, -0.2) is 9.67 Å². The van der Waals surface area contributed by atoms with Crippen molar-refractivity contribution in [2.45, 2.75) is 11.4 Å². The summed E-state index contributed by atoms with van der Waals surface area (Å²) in [5.74, 6) is -0.0852. The summed E-state index contributed by atoms with van der Waals surface area (Å²) in [4.78, 5) is 41.6. The lowest BCUT2D eigenvalue weighted by Gasteiger charge is -2.17. The first-order valence-corrected chi connectivity index (χ1v) is 9.64. The zero-order chi connectivity index (χ0) is 19.1. The highest BCUT2D eigenvalue weighted by Gasteiger charge is 2.17. The molecule has 0 spiro atoms. The van der Waals surface area contributed by atoms with E-state index in [1.807, 2.05) is 6.07 Å². The number of halogens is 1. The number of aryl methyl sites for hydroxylation is 1. The number of aromatic nitrogens is 4. The second kappa shape index (κ2) is 6.82. The largest absolute Gasteiger partial charge is 0.324 e. The molecule has 2 amide bonds. The highest BCUT2D eigenvalue weighted by molar-refractivity contribution is 9.10. The van der Waals surface area contributed by atoms with Crippen LogP contribution in [0.1, 0.15) is 0 Å². The second-order valence-electron chi connectivity index (χ2n) is 5.89. The fraction of sp³-hybridized carbons (Fsp3) is 0.188. The van der Waals surface area contributed by atoms with Gasteiger partial charge >= 0.3 is 0 Å². The lowest BCUT2D eigenvalue weighted by molar-refractivity contribution is -0.117. The minimum atomic E-state index is -0.381. The third-order valence-electron chi connectivity index (χ3n) is 3.98. The van der Waals surface area contributed by atoms with Crippen LogP contribution in [0.25, 0.3) is 11.0 Å². The Morgan fingerprint density at radius 2 is 2.22 bits per heavy atom. The maximum Gasteiger partial charge on any atom is 0.266 e. The van der Waals surface area contributed by atoms with Crippen molar-refractivity contribution in [1.82, 2.24) is 19.3 Å². The summed E-state index contributed by atoms with van der Waals surface area (Å²) in [6.45, 7) is -0.193. The topological polar surface area (TPSA) is 111 Å². The van der Waals surface area contributed by atoms with Crippen LogP contribution in [0.5, 0.6) is 0 Å². The Morgan fingerprint density at radius 3 is 3.04 bits per heavy atom. The molecule has 2 aromatic heterocycles. The van der Waals surface area contributed by atoms with Crippen LogP contribution in [0, 0.1) is 0 Å². The van der Waals surface area contributed by atoms with Crippen molar-refractivity contribution in [1.29, 1.82) is 0 Å². The normalized spacial score (nSPS) is 13.3. The molecule has 0 fully saturated rings. The Bertz CT molecular complexity index is 1150. The summed E-state index contributed by atoms with van der Waals surface area (Å²) < 4.78 is 3.10. The minimum absolute atomic E-state index is 0.0797. The van der Waals surface area contributed by atoms with Crippen molar-refractivity contribution in [3.8, 4) is 0 Å². The summed E-state index contributed by atoms with van der Waals surface area (Å²) in [5.41, 5.74) is 1.27. The molecule has 0 radical (unpaired) electrons. The zero-order valence-corrected chi connectivity index (χ0v) is 16.4. The van der Waals surface area contributed by atoms with Crippen molar-refractivity contribution in [3.05, 3.63) is 39.5 Å². The Labute approximate surface area is 165 Å². The molecule has 1 aromatic carbocycles. The number of nitrogens with one attached hydrogen (secondary N) is 2. The van der Waals surface area contributed by atoms with Crippen molar-refractivity contribution in [2.24, 2.45) is 7.05 Å². The van der Waals surface area contributed by atoms with Gasteiger partial charge < -0.3 is 10.6 Å². The highest BCUT2D eigenvalue weighted by atomic mass is 79.9. The summed E-state index contributed by atoms with van der Waals surface area (Å²) in [6, 6.07) is 5.28. The number of anilines is 2. The Kier molecular flexibility index (Phi) is 4.48. The monoisotopic (exact) mass is 448 g/mol. The van der Waals surface area contributed by atoms with Crippen molar-refractivity contribution in [2.75, 3.05) is 16.4 Å². The Morgan fingerprint density at radius 1 is 1.41 bits per heavy atom. The molecule has 3 aromatic rings. The first-order valence-electron chi connectivity index (χ1n) is 7.86. The fourth-order valence-electron chi connectivity index (χ4n) is 2.76. The molecule has 138 valence electrons. The molecular weight excluding hydrogens is 436 g/mol. The van der Waals surface area contributed by atoms with Crippen molar-refractivity contribution >= 4 is 61.9 Å². The van der Waals surface area contributed by atoms with Gasteiger partial charge in [0.1, 0.15) is 22.9 Å². The molecule has 9 nitrogen and oxygen atoms in total. The molecule has 0 saturated carbocycles. The van der Waals surface area contributed by atoms with Gasteiger partial charge in [0.05, 0.1) is 11.4 Å². The van der Waals surface area contributed by atoms with E-state index in [1.54, 1.807) is 19.2 Å². The molecule has 27 heavy (non-hydrogen) atoms. The number of nitrogens with zero attached hydrogens (tertiary/aromatic N) is 4. The van der Waals surface area contributed by atoms with E-state index < -0.39 is 0 Å². The quantitative estimate of drug-likeness (QED) is 0.628. The standard InChI is InChI=1S/C16H13BrN6O3S/c1-22-15-13(14(17)21-22)16(26)23(7-18-15)5-11(24)19-8-2-3-10-9(4-8)20-12(25)6-27-10/h2-4,7H,5-6H2,1H3,(H,19,24)(H,20,25). The van der Waals surface area contributed by atoms with Crippen LogP contribution in [0.15, 0.2) is 38.8 Å². The lowest BCUT2D eigenvalue weighted by atomic mass is 10.2. The van der Waals surface area contributed by atoms with Gasteiger partial charge in [-0.1, -0.05) is 0 Å². The molecular formula is C16H13BrN6O3S. The van der Waals surface area contributed by atoms with E-state index in [-0.39, 0.29) is 23.9 Å². The predicted molar refractivity (Wildman–Crippen MR) is 105 cm³/mol. The molecule has 0 unspecified atom stereocenters. The van der Waals surface area contributed by atoms with Gasteiger partial charge in [-0.15, -0.1) is 11.8 Å². The number of benzene rings is 1. The summed E-state index contributed by atoms with van der Waals surface area (Å²) in [6.07, 6.45) is 1.32. The van der Waals surface area contributed by atoms with Crippen LogP contribution < -0.4 is 16.2 Å². The highest BCUT2D eigenvalue weighted by Crippen LogP contribution is 2.33. The van der Waals surface area contributed by atoms with E-state index >= 15 is 0 Å². The van der Waals surface area contributed by atoms with Crippen LogP contribution >= 0.6 is 27.7 Å². The molecule has 0 atom stereocenters. The Hall–Kier alpha value is -2.66. The van der Waals surface area contributed by atoms with E-state index in [0.717, 1.165) is 4.90 Å². The number of hydrogen-bond acceptors (Lipinski definition) is 6.